The zero-order chi connectivity index (χ0) is 10.3. The summed E-state index contributed by atoms with van der Waals surface area (Å²) in [5.41, 5.74) is 11.1. The van der Waals surface area contributed by atoms with Gasteiger partial charge in [0.1, 0.15) is 5.68 Å². The van der Waals surface area contributed by atoms with Crippen molar-refractivity contribution in [1.29, 1.82) is 0 Å². The minimum absolute atomic E-state index is 0.0621. The highest BCUT2D eigenvalue weighted by molar-refractivity contribution is 6.75. The molecule has 0 aliphatic heterocycles. The molecule has 4 N–H and O–H groups in total. The van der Waals surface area contributed by atoms with E-state index in [1.54, 1.807) is 7.28 Å². The van der Waals surface area contributed by atoms with Crippen molar-refractivity contribution in [3.8, 4) is 0 Å². The predicted molar refractivity (Wildman–Crippen MR) is 56.7 cm³/mol. The maximum Gasteiger partial charge on any atom is 0.207 e. The first kappa shape index (κ1) is 12.7. The van der Waals surface area contributed by atoms with Gasteiger partial charge in [-0.05, 0) is 19.4 Å². The smallest absolute Gasteiger partial charge is 0.207 e. The minimum atomic E-state index is -0.325. The molecular formula is C9H20BN2O. The van der Waals surface area contributed by atoms with Crippen LogP contribution < -0.4 is 11.5 Å². The van der Waals surface area contributed by atoms with E-state index in [4.69, 9.17) is 11.5 Å². The number of carbonyl (C=O) groups excluding carboxylic acids is 1. The molecule has 0 saturated heterocycles. The third kappa shape index (κ3) is 6.78. The molecule has 0 spiro atoms. The fraction of sp³-hybridized carbons (Fsp3) is 0.889. The summed E-state index contributed by atoms with van der Waals surface area (Å²) in [6.07, 6.45) is 2.64. The molecule has 0 fully saturated rings. The molecular weight excluding hydrogens is 163 g/mol. The van der Waals surface area contributed by atoms with Gasteiger partial charge in [-0.2, -0.15) is 0 Å². The molecule has 13 heavy (non-hydrogen) atoms. The summed E-state index contributed by atoms with van der Waals surface area (Å²) in [6.45, 7) is 4.63. The zero-order valence-corrected chi connectivity index (χ0v) is 8.62. The summed E-state index contributed by atoms with van der Waals surface area (Å²) in [6, 6.07) is -0.325. The Morgan fingerprint density at radius 2 is 2.00 bits per heavy atom. The Labute approximate surface area is 81.5 Å². The predicted octanol–water partition coefficient (Wildman–Crippen LogP) is 0.502. The highest BCUT2D eigenvalue weighted by atomic mass is 16.1. The van der Waals surface area contributed by atoms with Crippen molar-refractivity contribution in [2.45, 2.75) is 45.0 Å². The largest absolute Gasteiger partial charge is 0.330 e. The lowest BCUT2D eigenvalue weighted by atomic mass is 9.60. The van der Waals surface area contributed by atoms with Gasteiger partial charge in [0.05, 0.1) is 6.04 Å². The summed E-state index contributed by atoms with van der Waals surface area (Å²) in [7, 11) is 1.69. The van der Waals surface area contributed by atoms with Crippen molar-refractivity contribution < 1.29 is 4.79 Å². The van der Waals surface area contributed by atoms with Crippen molar-refractivity contribution in [3.05, 3.63) is 0 Å². The van der Waals surface area contributed by atoms with Gasteiger partial charge in [0, 0.05) is 0 Å². The number of carbonyl (C=O) groups is 1. The molecule has 0 rings (SSSR count). The van der Waals surface area contributed by atoms with Crippen molar-refractivity contribution in [2.75, 3.05) is 6.54 Å². The lowest BCUT2D eigenvalue weighted by Crippen LogP contribution is -2.35. The molecule has 3 nitrogen and oxygen atoms in total. The van der Waals surface area contributed by atoms with Gasteiger partial charge in [-0.3, -0.25) is 0 Å². The topological polar surface area (TPSA) is 69.1 Å². The Kier molecular flexibility index (Phi) is 6.91. The van der Waals surface area contributed by atoms with E-state index in [0.29, 0.717) is 6.54 Å². The van der Waals surface area contributed by atoms with Gasteiger partial charge in [0.2, 0.25) is 7.28 Å². The van der Waals surface area contributed by atoms with E-state index in [1.807, 2.05) is 13.8 Å². The summed E-state index contributed by atoms with van der Waals surface area (Å²) >= 11 is 0. The first-order valence-corrected chi connectivity index (χ1v) is 4.92. The molecule has 1 atom stereocenters. The van der Waals surface area contributed by atoms with Gasteiger partial charge in [-0.25, -0.2) is 0 Å². The average molecular weight is 183 g/mol. The molecule has 0 aromatic heterocycles. The molecule has 0 aromatic rings. The standard InChI is InChI=1S/C9H20BN2O/c1-7(2)10-9(13)8(12)5-3-4-6-11/h7-8H,3-6,11-12H2,1-2H3/t8-/m0/s1. The maximum absolute atomic E-state index is 11.3. The molecule has 75 valence electrons. The van der Waals surface area contributed by atoms with Crippen LogP contribution in [0.15, 0.2) is 0 Å². The fourth-order valence-electron chi connectivity index (χ4n) is 1.10. The second-order valence-corrected chi connectivity index (χ2v) is 3.70. The van der Waals surface area contributed by atoms with Gasteiger partial charge >= 0.3 is 0 Å². The van der Waals surface area contributed by atoms with Crippen LogP contribution in [0.1, 0.15) is 33.1 Å². The van der Waals surface area contributed by atoms with E-state index in [0.717, 1.165) is 19.3 Å². The molecule has 4 heteroatoms. The van der Waals surface area contributed by atoms with E-state index < -0.39 is 0 Å². The first-order chi connectivity index (χ1) is 6.07. The van der Waals surface area contributed by atoms with Crippen molar-refractivity contribution in [3.63, 3.8) is 0 Å². The van der Waals surface area contributed by atoms with E-state index >= 15 is 0 Å². The second-order valence-electron chi connectivity index (χ2n) is 3.70. The number of nitrogens with two attached hydrogens (primary N) is 2. The Balaban J connectivity index is 3.57. The zero-order valence-electron chi connectivity index (χ0n) is 8.62. The summed E-state index contributed by atoms with van der Waals surface area (Å²) < 4.78 is 0. The monoisotopic (exact) mass is 183 g/mol. The second kappa shape index (κ2) is 7.10. The van der Waals surface area contributed by atoms with E-state index in [-0.39, 0.29) is 17.5 Å². The van der Waals surface area contributed by atoms with Gasteiger partial charge in [-0.15, -0.1) is 0 Å². The maximum atomic E-state index is 11.3. The number of hydrogen-bond donors (Lipinski definition) is 2. The Bertz CT molecular complexity index is 151. The van der Waals surface area contributed by atoms with Gasteiger partial charge < -0.3 is 16.3 Å². The average Bonchev–Trinajstić information content (AvgIpc) is 2.03. The highest BCUT2D eigenvalue weighted by Crippen LogP contribution is 2.03. The summed E-state index contributed by atoms with van der Waals surface area (Å²) in [4.78, 5) is 11.3. The lowest BCUT2D eigenvalue weighted by molar-refractivity contribution is -0.113. The Morgan fingerprint density at radius 1 is 1.38 bits per heavy atom. The summed E-state index contributed by atoms with van der Waals surface area (Å²) in [5, 5.41) is 0. The molecule has 0 bridgehead atoms. The van der Waals surface area contributed by atoms with Crippen LogP contribution >= 0.6 is 0 Å². The molecule has 0 aliphatic rings. The third-order valence-corrected chi connectivity index (χ3v) is 1.83. The SMILES string of the molecule is CC(C)[B]C(=O)[C@@H](N)CCCCN. The third-order valence-electron chi connectivity index (χ3n) is 1.83. The molecule has 0 aromatic carbocycles. The molecule has 1 radical (unpaired) electrons. The van der Waals surface area contributed by atoms with Crippen LogP contribution in [0.2, 0.25) is 5.82 Å². The molecule has 0 aliphatic carbocycles. The van der Waals surface area contributed by atoms with Gasteiger partial charge in [-0.1, -0.05) is 26.1 Å². The molecule has 0 saturated carbocycles. The van der Waals surface area contributed by atoms with Crippen LogP contribution in [0.5, 0.6) is 0 Å². The van der Waals surface area contributed by atoms with E-state index in [1.165, 1.54) is 0 Å². The Hall–Kier alpha value is -0.345. The van der Waals surface area contributed by atoms with Gasteiger partial charge in [0.15, 0.2) is 0 Å². The number of hydrogen-bond acceptors (Lipinski definition) is 3. The highest BCUT2D eigenvalue weighted by Gasteiger charge is 2.15. The van der Waals surface area contributed by atoms with Crippen LogP contribution in [-0.2, 0) is 4.79 Å². The van der Waals surface area contributed by atoms with Crippen LogP contribution in [0.4, 0.5) is 0 Å². The first-order valence-electron chi connectivity index (χ1n) is 4.92. The summed E-state index contributed by atoms with van der Waals surface area (Å²) in [5.74, 6) is 0.285. The molecule has 0 unspecified atom stereocenters. The lowest BCUT2D eigenvalue weighted by Gasteiger charge is -2.10. The van der Waals surface area contributed by atoms with Crippen LogP contribution in [0, 0.1) is 0 Å². The van der Waals surface area contributed by atoms with E-state index in [9.17, 15) is 4.79 Å². The number of unbranched alkanes of at least 4 members (excludes halogenated alkanes) is 1. The quantitative estimate of drug-likeness (QED) is 0.446. The Morgan fingerprint density at radius 3 is 2.46 bits per heavy atom. The van der Waals surface area contributed by atoms with Crippen LogP contribution in [-0.4, -0.2) is 25.5 Å². The minimum Gasteiger partial charge on any atom is -0.330 e. The van der Waals surface area contributed by atoms with Crippen molar-refractivity contribution in [2.24, 2.45) is 11.5 Å². The van der Waals surface area contributed by atoms with Gasteiger partial charge in [0.25, 0.3) is 0 Å². The van der Waals surface area contributed by atoms with Crippen LogP contribution in [0.25, 0.3) is 0 Å². The normalized spacial score (nSPS) is 13.0. The van der Waals surface area contributed by atoms with E-state index in [2.05, 4.69) is 0 Å². The van der Waals surface area contributed by atoms with Crippen molar-refractivity contribution >= 4 is 13.0 Å². The number of rotatable bonds is 7. The molecule has 0 heterocycles. The van der Waals surface area contributed by atoms with Crippen LogP contribution in [0.3, 0.4) is 0 Å². The van der Waals surface area contributed by atoms with Crippen molar-refractivity contribution in [1.82, 2.24) is 0 Å². The molecule has 0 amide bonds. The fourth-order valence-corrected chi connectivity index (χ4v) is 1.10.